The molecule has 0 bridgehead atoms. The molecule has 0 fully saturated rings. The van der Waals surface area contributed by atoms with Crippen LogP contribution in [0.15, 0.2) is 30.3 Å². The van der Waals surface area contributed by atoms with Gasteiger partial charge in [0.25, 0.3) is 0 Å². The van der Waals surface area contributed by atoms with Crippen LogP contribution in [-0.4, -0.2) is 0 Å². The summed E-state index contributed by atoms with van der Waals surface area (Å²) in [6, 6.07) is 10.2. The lowest BCUT2D eigenvalue weighted by Gasteiger charge is -2.00. The topological polar surface area (TPSA) is 0 Å². The van der Waals surface area contributed by atoms with Gasteiger partial charge in [-0.3, -0.25) is 0 Å². The molecule has 0 aromatic heterocycles. The first kappa shape index (κ1) is 9.35. The summed E-state index contributed by atoms with van der Waals surface area (Å²) in [5.74, 6) is 6.16. The van der Waals surface area contributed by atoms with Gasteiger partial charge in [-0.25, -0.2) is 0 Å². The zero-order chi connectivity index (χ0) is 8.81. The molecule has 1 heteroatoms. The molecule has 0 saturated carbocycles. The minimum Gasteiger partial charge on any atom is -0.102 e. The second kappa shape index (κ2) is 5.00. The van der Waals surface area contributed by atoms with E-state index in [-0.39, 0.29) is 4.83 Å². The fourth-order valence-corrected chi connectivity index (χ4v) is 1.36. The Morgan fingerprint density at radius 2 is 2.00 bits per heavy atom. The molecule has 1 aromatic carbocycles. The average molecular weight is 223 g/mol. The predicted octanol–water partition coefficient (Wildman–Crippen LogP) is 3.54. The monoisotopic (exact) mass is 222 g/mol. The minimum absolute atomic E-state index is 0.179. The second-order valence-corrected chi connectivity index (χ2v) is 3.36. The normalized spacial score (nSPS) is 11.5. The van der Waals surface area contributed by atoms with E-state index in [0.717, 1.165) is 6.42 Å². The maximum absolute atomic E-state index is 3.51. The molecule has 0 nitrogen and oxygen atoms in total. The van der Waals surface area contributed by atoms with E-state index in [2.05, 4.69) is 46.8 Å². The van der Waals surface area contributed by atoms with Crippen molar-refractivity contribution < 1.29 is 0 Å². The summed E-state index contributed by atoms with van der Waals surface area (Å²) in [5.41, 5.74) is 1.22. The van der Waals surface area contributed by atoms with E-state index in [1.165, 1.54) is 5.56 Å². The molecule has 1 rings (SSSR count). The maximum atomic E-state index is 3.51. The van der Waals surface area contributed by atoms with Crippen LogP contribution in [0.25, 0.3) is 0 Å². The molecule has 0 radical (unpaired) electrons. The number of alkyl halides is 1. The van der Waals surface area contributed by atoms with Crippen LogP contribution in [0.5, 0.6) is 0 Å². The first-order valence-electron chi connectivity index (χ1n) is 4.02. The first-order chi connectivity index (χ1) is 5.84. The largest absolute Gasteiger partial charge is 0.102 e. The molecule has 0 spiro atoms. The SMILES string of the molecule is CCC#CC(Br)c1ccccc1. The summed E-state index contributed by atoms with van der Waals surface area (Å²) in [6.07, 6.45) is 0.912. The van der Waals surface area contributed by atoms with E-state index in [4.69, 9.17) is 0 Å². The Bertz CT molecular complexity index is 279. The van der Waals surface area contributed by atoms with Gasteiger partial charge in [0, 0.05) is 6.42 Å². The van der Waals surface area contributed by atoms with Gasteiger partial charge in [-0.15, -0.1) is 5.92 Å². The molecular weight excluding hydrogens is 212 g/mol. The lowest BCUT2D eigenvalue weighted by atomic mass is 10.1. The molecule has 0 aliphatic carbocycles. The van der Waals surface area contributed by atoms with Gasteiger partial charge in [0.1, 0.15) is 4.83 Å². The summed E-state index contributed by atoms with van der Waals surface area (Å²) < 4.78 is 0. The maximum Gasteiger partial charge on any atom is 0.100 e. The van der Waals surface area contributed by atoms with Crippen LogP contribution in [-0.2, 0) is 0 Å². The van der Waals surface area contributed by atoms with E-state index >= 15 is 0 Å². The summed E-state index contributed by atoms with van der Waals surface area (Å²) in [7, 11) is 0. The van der Waals surface area contributed by atoms with Gasteiger partial charge in [-0.1, -0.05) is 59.1 Å². The van der Waals surface area contributed by atoms with Crippen molar-refractivity contribution in [3.05, 3.63) is 35.9 Å². The van der Waals surface area contributed by atoms with Crippen molar-refractivity contribution in [2.75, 3.05) is 0 Å². The molecule has 12 heavy (non-hydrogen) atoms. The molecule has 0 N–H and O–H groups in total. The Hall–Kier alpha value is -0.740. The predicted molar refractivity (Wildman–Crippen MR) is 56.2 cm³/mol. The van der Waals surface area contributed by atoms with Crippen molar-refractivity contribution in [1.82, 2.24) is 0 Å². The number of benzene rings is 1. The Morgan fingerprint density at radius 3 is 2.58 bits per heavy atom. The highest BCUT2D eigenvalue weighted by molar-refractivity contribution is 9.09. The van der Waals surface area contributed by atoms with Crippen molar-refractivity contribution in [2.45, 2.75) is 18.2 Å². The van der Waals surface area contributed by atoms with Crippen LogP contribution in [0.4, 0.5) is 0 Å². The summed E-state index contributed by atoms with van der Waals surface area (Å²) in [4.78, 5) is 0.179. The van der Waals surface area contributed by atoms with Crippen LogP contribution in [0.1, 0.15) is 23.7 Å². The molecule has 0 aliphatic heterocycles. The van der Waals surface area contributed by atoms with Gasteiger partial charge < -0.3 is 0 Å². The van der Waals surface area contributed by atoms with Gasteiger partial charge in [-0.05, 0) is 5.56 Å². The average Bonchev–Trinajstić information content (AvgIpc) is 2.15. The fraction of sp³-hybridized carbons (Fsp3) is 0.273. The lowest BCUT2D eigenvalue weighted by Crippen LogP contribution is -1.83. The highest BCUT2D eigenvalue weighted by Gasteiger charge is 1.99. The van der Waals surface area contributed by atoms with Crippen LogP contribution in [0, 0.1) is 11.8 Å². The Morgan fingerprint density at radius 1 is 1.33 bits per heavy atom. The van der Waals surface area contributed by atoms with E-state index in [1.807, 2.05) is 18.2 Å². The summed E-state index contributed by atoms with van der Waals surface area (Å²) >= 11 is 3.51. The molecule has 0 aliphatic rings. The Kier molecular flexibility index (Phi) is 3.90. The molecular formula is C11H11Br. The number of halogens is 1. The van der Waals surface area contributed by atoms with Crippen molar-refractivity contribution in [3.8, 4) is 11.8 Å². The van der Waals surface area contributed by atoms with E-state index < -0.39 is 0 Å². The highest BCUT2D eigenvalue weighted by atomic mass is 79.9. The number of hydrogen-bond donors (Lipinski definition) is 0. The Balaban J connectivity index is 2.72. The van der Waals surface area contributed by atoms with Gasteiger partial charge >= 0.3 is 0 Å². The lowest BCUT2D eigenvalue weighted by molar-refractivity contribution is 1.25. The van der Waals surface area contributed by atoms with Crippen molar-refractivity contribution in [2.24, 2.45) is 0 Å². The smallest absolute Gasteiger partial charge is 0.100 e. The molecule has 0 saturated heterocycles. The van der Waals surface area contributed by atoms with Crippen LogP contribution < -0.4 is 0 Å². The third-order valence-corrected chi connectivity index (χ3v) is 2.26. The number of hydrogen-bond acceptors (Lipinski definition) is 0. The molecule has 0 heterocycles. The number of rotatable bonds is 1. The second-order valence-electron chi connectivity index (χ2n) is 2.45. The van der Waals surface area contributed by atoms with E-state index in [1.54, 1.807) is 0 Å². The highest BCUT2D eigenvalue weighted by Crippen LogP contribution is 2.20. The van der Waals surface area contributed by atoms with Crippen molar-refractivity contribution >= 4 is 15.9 Å². The molecule has 1 unspecified atom stereocenters. The fourth-order valence-electron chi connectivity index (χ4n) is 0.897. The third-order valence-electron chi connectivity index (χ3n) is 1.50. The summed E-state index contributed by atoms with van der Waals surface area (Å²) in [5, 5.41) is 0. The van der Waals surface area contributed by atoms with Gasteiger partial charge in [0.15, 0.2) is 0 Å². The quantitative estimate of drug-likeness (QED) is 0.504. The van der Waals surface area contributed by atoms with Crippen LogP contribution in [0.2, 0.25) is 0 Å². The summed E-state index contributed by atoms with van der Waals surface area (Å²) in [6.45, 7) is 2.05. The Labute approximate surface area is 82.1 Å². The van der Waals surface area contributed by atoms with Crippen LogP contribution in [0.3, 0.4) is 0 Å². The molecule has 0 amide bonds. The van der Waals surface area contributed by atoms with E-state index in [0.29, 0.717) is 0 Å². The standard InChI is InChI=1S/C11H11Br/c1-2-3-9-11(12)10-7-5-4-6-8-10/h4-8,11H,2H2,1H3. The zero-order valence-corrected chi connectivity index (χ0v) is 8.64. The van der Waals surface area contributed by atoms with Gasteiger partial charge in [0.05, 0.1) is 0 Å². The van der Waals surface area contributed by atoms with Crippen molar-refractivity contribution in [3.63, 3.8) is 0 Å². The molecule has 1 atom stereocenters. The third kappa shape index (κ3) is 2.71. The first-order valence-corrected chi connectivity index (χ1v) is 4.93. The van der Waals surface area contributed by atoms with Gasteiger partial charge in [0.2, 0.25) is 0 Å². The molecule has 1 aromatic rings. The van der Waals surface area contributed by atoms with Crippen molar-refractivity contribution in [1.29, 1.82) is 0 Å². The minimum atomic E-state index is 0.179. The van der Waals surface area contributed by atoms with E-state index in [9.17, 15) is 0 Å². The van der Waals surface area contributed by atoms with Gasteiger partial charge in [-0.2, -0.15) is 0 Å². The zero-order valence-electron chi connectivity index (χ0n) is 7.05. The molecule has 62 valence electrons. The van der Waals surface area contributed by atoms with Crippen LogP contribution >= 0.6 is 15.9 Å².